The fourth-order valence-electron chi connectivity index (χ4n) is 3.13. The van der Waals surface area contributed by atoms with Crippen molar-refractivity contribution < 1.29 is 9.53 Å². The summed E-state index contributed by atoms with van der Waals surface area (Å²) in [6.07, 6.45) is 0. The van der Waals surface area contributed by atoms with Crippen LogP contribution in [0.4, 0.5) is 0 Å². The van der Waals surface area contributed by atoms with E-state index in [1.54, 1.807) is 0 Å². The van der Waals surface area contributed by atoms with Crippen molar-refractivity contribution in [3.05, 3.63) is 58.1 Å². The molecule has 2 rings (SSSR count). The Morgan fingerprint density at radius 3 is 1.82 bits per heavy atom. The fraction of sp³-hybridized carbons (Fsp3) is 0.458. The molecule has 0 N–H and O–H groups in total. The monoisotopic (exact) mass is 392 g/mol. The van der Waals surface area contributed by atoms with Crippen LogP contribution in [0.15, 0.2) is 30.3 Å². The molecule has 0 saturated carbocycles. The maximum absolute atomic E-state index is 13.1. The molecule has 0 spiro atoms. The summed E-state index contributed by atoms with van der Waals surface area (Å²) in [4.78, 5) is 13.1. The van der Waals surface area contributed by atoms with Crippen molar-refractivity contribution >= 4 is 38.3 Å². The molecule has 0 amide bonds. The SMILES string of the molecule is Cc1cc(OC(C)(C)C)ccc1PC(=O)c1c(C)cc(C(C)(C)C)cc1C.[LiH]. The third-order valence-corrected chi connectivity index (χ3v) is 5.80. The summed E-state index contributed by atoms with van der Waals surface area (Å²) in [5.74, 6) is 0.850. The van der Waals surface area contributed by atoms with Gasteiger partial charge in [-0.1, -0.05) is 39.0 Å². The summed E-state index contributed by atoms with van der Waals surface area (Å²) in [5.41, 5.74) is 5.45. The van der Waals surface area contributed by atoms with Crippen LogP contribution >= 0.6 is 8.58 Å². The van der Waals surface area contributed by atoms with Crippen LogP contribution in [0.5, 0.6) is 5.75 Å². The molecule has 0 aromatic heterocycles. The minimum absolute atomic E-state index is 0. The van der Waals surface area contributed by atoms with Gasteiger partial charge in [0.25, 0.3) is 0 Å². The van der Waals surface area contributed by atoms with Gasteiger partial charge in [0.05, 0.1) is 0 Å². The van der Waals surface area contributed by atoms with Crippen molar-refractivity contribution in [1.29, 1.82) is 0 Å². The molecule has 0 aliphatic heterocycles. The van der Waals surface area contributed by atoms with Crippen LogP contribution in [-0.2, 0) is 5.41 Å². The topological polar surface area (TPSA) is 26.3 Å². The Balaban J connectivity index is 0.00000392. The van der Waals surface area contributed by atoms with E-state index < -0.39 is 0 Å². The molecule has 2 aromatic rings. The molecule has 28 heavy (non-hydrogen) atoms. The zero-order valence-electron chi connectivity index (χ0n) is 18.2. The second-order valence-corrected chi connectivity index (χ2v) is 10.6. The van der Waals surface area contributed by atoms with E-state index in [4.69, 9.17) is 4.74 Å². The van der Waals surface area contributed by atoms with Gasteiger partial charge in [0.15, 0.2) is 5.52 Å². The van der Waals surface area contributed by atoms with Crippen molar-refractivity contribution in [2.24, 2.45) is 0 Å². The van der Waals surface area contributed by atoms with Crippen molar-refractivity contribution in [2.45, 2.75) is 73.3 Å². The Morgan fingerprint density at radius 1 is 0.857 bits per heavy atom. The summed E-state index contributed by atoms with van der Waals surface area (Å²) in [7, 11) is 0.121. The van der Waals surface area contributed by atoms with Gasteiger partial charge in [-0.05, 0) is 95.2 Å². The quantitative estimate of drug-likeness (QED) is 0.501. The van der Waals surface area contributed by atoms with Crippen LogP contribution in [0, 0.1) is 20.8 Å². The number of carbonyl (C=O) groups excluding carboxylic acids is 1. The van der Waals surface area contributed by atoms with Crippen molar-refractivity contribution in [3.8, 4) is 5.75 Å². The van der Waals surface area contributed by atoms with E-state index in [9.17, 15) is 4.79 Å². The van der Waals surface area contributed by atoms with Gasteiger partial charge >= 0.3 is 18.9 Å². The van der Waals surface area contributed by atoms with Gasteiger partial charge in [0, 0.05) is 5.56 Å². The van der Waals surface area contributed by atoms with Gasteiger partial charge < -0.3 is 4.74 Å². The Labute approximate surface area is 184 Å². The molecule has 0 fully saturated rings. The van der Waals surface area contributed by atoms with Gasteiger partial charge in [-0.2, -0.15) is 0 Å². The number of aryl methyl sites for hydroxylation is 3. The predicted molar refractivity (Wildman–Crippen MR) is 126 cm³/mol. The average Bonchev–Trinajstić information content (AvgIpc) is 2.46. The molecular formula is C24H34LiO2P. The minimum atomic E-state index is -0.227. The zero-order chi connectivity index (χ0) is 20.6. The molecule has 2 nitrogen and oxygen atoms in total. The Morgan fingerprint density at radius 2 is 1.39 bits per heavy atom. The first-order chi connectivity index (χ1) is 12.3. The number of benzene rings is 2. The van der Waals surface area contributed by atoms with E-state index in [1.807, 2.05) is 59.7 Å². The molecule has 1 atom stereocenters. The van der Waals surface area contributed by atoms with Crippen LogP contribution < -0.4 is 10.0 Å². The molecule has 148 valence electrons. The second kappa shape index (κ2) is 9.17. The maximum atomic E-state index is 13.1. The predicted octanol–water partition coefficient (Wildman–Crippen LogP) is 5.58. The van der Waals surface area contributed by atoms with Gasteiger partial charge in [-0.3, -0.25) is 4.79 Å². The van der Waals surface area contributed by atoms with Crippen molar-refractivity contribution in [1.82, 2.24) is 0 Å². The summed E-state index contributed by atoms with van der Waals surface area (Å²) >= 11 is 0. The number of carbonyl (C=O) groups is 1. The summed E-state index contributed by atoms with van der Waals surface area (Å²) in [6, 6.07) is 10.4. The van der Waals surface area contributed by atoms with Gasteiger partial charge in [-0.15, -0.1) is 0 Å². The molecule has 2 aromatic carbocycles. The summed E-state index contributed by atoms with van der Waals surface area (Å²) in [5, 5.41) is 1.08. The molecule has 4 heteroatoms. The van der Waals surface area contributed by atoms with E-state index in [2.05, 4.69) is 32.9 Å². The summed E-state index contributed by atoms with van der Waals surface area (Å²) < 4.78 is 5.93. The number of ether oxygens (including phenoxy) is 1. The first kappa shape index (κ1) is 25.0. The molecule has 0 aliphatic rings. The number of hydrogen-bond donors (Lipinski definition) is 0. The molecule has 0 radical (unpaired) electrons. The van der Waals surface area contributed by atoms with Gasteiger partial charge in [-0.25, -0.2) is 0 Å². The van der Waals surface area contributed by atoms with E-state index in [0.717, 1.165) is 33.3 Å². The van der Waals surface area contributed by atoms with Gasteiger partial charge in [0.1, 0.15) is 11.4 Å². The Kier molecular flexibility index (Phi) is 8.18. The second-order valence-electron chi connectivity index (χ2n) is 9.38. The van der Waals surface area contributed by atoms with Crippen LogP contribution in [0.25, 0.3) is 0 Å². The fourth-order valence-corrected chi connectivity index (χ4v) is 4.33. The molecular weight excluding hydrogens is 358 g/mol. The zero-order valence-corrected chi connectivity index (χ0v) is 19.2. The van der Waals surface area contributed by atoms with Crippen LogP contribution in [-0.4, -0.2) is 30.0 Å². The standard InChI is InChI=1S/C24H33O2P.Li.H/c1-15-14-19(26-24(7,8)9)10-11-20(15)27-22(25)21-16(2)12-18(13-17(21)3)23(4,5)6;;/h10-14,27H,1-9H3;;. The van der Waals surface area contributed by atoms with E-state index in [-0.39, 0.29) is 44.0 Å². The first-order valence-corrected chi connectivity index (χ1v) is 10.5. The van der Waals surface area contributed by atoms with Crippen LogP contribution in [0.3, 0.4) is 0 Å². The van der Waals surface area contributed by atoms with E-state index >= 15 is 0 Å². The molecule has 0 aliphatic carbocycles. The van der Waals surface area contributed by atoms with E-state index in [0.29, 0.717) is 0 Å². The van der Waals surface area contributed by atoms with Crippen molar-refractivity contribution in [2.75, 3.05) is 0 Å². The van der Waals surface area contributed by atoms with Crippen LogP contribution in [0.2, 0.25) is 0 Å². The van der Waals surface area contributed by atoms with Gasteiger partial charge in [0.2, 0.25) is 0 Å². The normalized spacial score (nSPS) is 12.2. The third kappa shape index (κ3) is 6.49. The Bertz CT molecular complexity index is 835. The number of hydrogen-bond acceptors (Lipinski definition) is 2. The third-order valence-electron chi connectivity index (χ3n) is 4.50. The van der Waals surface area contributed by atoms with Crippen molar-refractivity contribution in [3.63, 3.8) is 0 Å². The summed E-state index contributed by atoms with van der Waals surface area (Å²) in [6.45, 7) is 18.9. The molecule has 0 saturated heterocycles. The van der Waals surface area contributed by atoms with Crippen LogP contribution in [0.1, 0.15) is 74.2 Å². The average molecular weight is 392 g/mol. The molecule has 0 heterocycles. The first-order valence-electron chi connectivity index (χ1n) is 9.51. The van der Waals surface area contributed by atoms with E-state index in [1.165, 1.54) is 5.56 Å². The number of rotatable bonds is 4. The molecule has 0 bridgehead atoms. The molecule has 1 unspecified atom stereocenters. The Hall–Kier alpha value is -1.06.